The highest BCUT2D eigenvalue weighted by Gasteiger charge is 2.11. The number of hydrogen-bond acceptors (Lipinski definition) is 5. The van der Waals surface area contributed by atoms with Crippen molar-refractivity contribution in [2.24, 2.45) is 0 Å². The molecule has 0 atom stereocenters. The Kier molecular flexibility index (Phi) is 2.93. The van der Waals surface area contributed by atoms with Gasteiger partial charge in [0.25, 0.3) is 0 Å². The summed E-state index contributed by atoms with van der Waals surface area (Å²) in [5, 5.41) is 8.45. The second-order valence-electron chi connectivity index (χ2n) is 4.84. The molecule has 0 saturated carbocycles. The van der Waals surface area contributed by atoms with Crippen LogP contribution in [-0.2, 0) is 6.54 Å². The number of nitrogens with one attached hydrogen (secondary N) is 1. The van der Waals surface area contributed by atoms with Crippen molar-refractivity contribution in [3.63, 3.8) is 0 Å². The average Bonchev–Trinajstić information content (AvgIpc) is 2.96. The topological polar surface area (TPSA) is 63.8 Å². The Bertz CT molecular complexity index is 961. The number of rotatable bonds is 3. The normalized spacial score (nSPS) is 11.1. The standard InChI is InChI=1S/C16H11FN4O/c17-11-5-3-6-12-15(11)16(20-9-19-12)18-8-13-10-4-1-2-7-14(10)22-21-13/h1-7,9H,8H2,(H,18,19,20). The maximum atomic E-state index is 14.0. The largest absolute Gasteiger partial charge is 0.364 e. The maximum Gasteiger partial charge on any atom is 0.167 e. The molecule has 108 valence electrons. The van der Waals surface area contributed by atoms with E-state index in [0.717, 1.165) is 16.7 Å². The van der Waals surface area contributed by atoms with Crippen LogP contribution in [0.1, 0.15) is 5.69 Å². The van der Waals surface area contributed by atoms with Crippen molar-refractivity contribution in [1.29, 1.82) is 0 Å². The molecule has 5 nitrogen and oxygen atoms in total. The second-order valence-corrected chi connectivity index (χ2v) is 4.84. The van der Waals surface area contributed by atoms with Crippen LogP contribution in [0.25, 0.3) is 21.9 Å². The molecule has 4 aromatic rings. The summed E-state index contributed by atoms with van der Waals surface area (Å²) in [6.07, 6.45) is 1.41. The average molecular weight is 294 g/mol. The van der Waals surface area contributed by atoms with Crippen LogP contribution in [0.4, 0.5) is 10.2 Å². The van der Waals surface area contributed by atoms with Crippen molar-refractivity contribution in [3.8, 4) is 0 Å². The minimum atomic E-state index is -0.356. The van der Waals surface area contributed by atoms with Crippen molar-refractivity contribution in [2.75, 3.05) is 5.32 Å². The third-order valence-corrected chi connectivity index (χ3v) is 3.49. The molecule has 0 aliphatic carbocycles. The lowest BCUT2D eigenvalue weighted by atomic mass is 10.2. The fourth-order valence-electron chi connectivity index (χ4n) is 2.44. The molecule has 0 fully saturated rings. The van der Waals surface area contributed by atoms with Gasteiger partial charge < -0.3 is 9.84 Å². The van der Waals surface area contributed by atoms with Crippen molar-refractivity contribution >= 4 is 27.7 Å². The van der Waals surface area contributed by atoms with Crippen LogP contribution in [0.3, 0.4) is 0 Å². The molecule has 4 rings (SSSR count). The molecule has 2 aromatic heterocycles. The molecule has 22 heavy (non-hydrogen) atoms. The van der Waals surface area contributed by atoms with Crippen LogP contribution in [0.2, 0.25) is 0 Å². The van der Waals surface area contributed by atoms with Crippen molar-refractivity contribution < 1.29 is 8.91 Å². The Balaban J connectivity index is 1.70. The van der Waals surface area contributed by atoms with Gasteiger partial charge in [-0.1, -0.05) is 23.4 Å². The van der Waals surface area contributed by atoms with E-state index in [1.54, 1.807) is 12.1 Å². The molecule has 0 aliphatic heterocycles. The van der Waals surface area contributed by atoms with Crippen LogP contribution in [-0.4, -0.2) is 15.1 Å². The third-order valence-electron chi connectivity index (χ3n) is 3.49. The Morgan fingerprint density at radius 1 is 1.05 bits per heavy atom. The molecule has 0 unspecified atom stereocenters. The van der Waals surface area contributed by atoms with Crippen LogP contribution in [0.5, 0.6) is 0 Å². The zero-order valence-electron chi connectivity index (χ0n) is 11.5. The van der Waals surface area contributed by atoms with E-state index < -0.39 is 0 Å². The Morgan fingerprint density at radius 3 is 2.91 bits per heavy atom. The summed E-state index contributed by atoms with van der Waals surface area (Å²) in [6, 6.07) is 12.4. The Labute approximate surface area is 124 Å². The fraction of sp³-hybridized carbons (Fsp3) is 0.0625. The lowest BCUT2D eigenvalue weighted by molar-refractivity contribution is 0.447. The highest BCUT2D eigenvalue weighted by molar-refractivity contribution is 5.89. The van der Waals surface area contributed by atoms with Crippen LogP contribution >= 0.6 is 0 Å². The molecule has 0 amide bonds. The molecular formula is C16H11FN4O. The number of hydrogen-bond donors (Lipinski definition) is 1. The molecular weight excluding hydrogens is 283 g/mol. The van der Waals surface area contributed by atoms with Gasteiger partial charge in [0.1, 0.15) is 23.7 Å². The molecule has 0 aliphatic rings. The van der Waals surface area contributed by atoms with Crippen LogP contribution in [0.15, 0.2) is 53.3 Å². The summed E-state index contributed by atoms with van der Waals surface area (Å²) in [7, 11) is 0. The summed E-state index contributed by atoms with van der Waals surface area (Å²) in [5.74, 6) is 0.0841. The van der Waals surface area contributed by atoms with E-state index in [-0.39, 0.29) is 5.82 Å². The number of halogens is 1. The minimum Gasteiger partial charge on any atom is -0.364 e. The van der Waals surface area contributed by atoms with E-state index in [4.69, 9.17) is 4.52 Å². The van der Waals surface area contributed by atoms with E-state index in [2.05, 4.69) is 20.4 Å². The number of aromatic nitrogens is 3. The van der Waals surface area contributed by atoms with E-state index in [9.17, 15) is 4.39 Å². The number of fused-ring (bicyclic) bond motifs is 2. The summed E-state index contributed by atoms with van der Waals surface area (Å²) in [6.45, 7) is 0.386. The SMILES string of the molecule is Fc1cccc2ncnc(NCc3noc4ccccc34)c12. The summed E-state index contributed by atoms with van der Waals surface area (Å²) in [5.41, 5.74) is 2.03. The van der Waals surface area contributed by atoms with Crippen LogP contribution < -0.4 is 5.32 Å². The van der Waals surface area contributed by atoms with Gasteiger partial charge >= 0.3 is 0 Å². The Morgan fingerprint density at radius 2 is 1.95 bits per heavy atom. The lowest BCUT2D eigenvalue weighted by Gasteiger charge is -2.07. The molecule has 0 bridgehead atoms. The number of para-hydroxylation sites is 1. The van der Waals surface area contributed by atoms with Crippen molar-refractivity contribution in [3.05, 3.63) is 60.3 Å². The number of nitrogens with zero attached hydrogens (tertiary/aromatic N) is 3. The molecule has 0 saturated heterocycles. The molecule has 2 heterocycles. The zero-order valence-corrected chi connectivity index (χ0v) is 11.5. The van der Waals surface area contributed by atoms with Gasteiger partial charge in [-0.05, 0) is 24.3 Å². The lowest BCUT2D eigenvalue weighted by Crippen LogP contribution is -2.04. The summed E-state index contributed by atoms with van der Waals surface area (Å²) >= 11 is 0. The van der Waals surface area contributed by atoms with Gasteiger partial charge in [0.05, 0.1) is 17.4 Å². The summed E-state index contributed by atoms with van der Waals surface area (Å²) < 4.78 is 19.3. The first-order chi connectivity index (χ1) is 10.8. The number of benzene rings is 2. The first-order valence-corrected chi connectivity index (χ1v) is 6.79. The van der Waals surface area contributed by atoms with E-state index >= 15 is 0 Å². The first-order valence-electron chi connectivity index (χ1n) is 6.79. The third kappa shape index (κ3) is 2.05. The van der Waals surface area contributed by atoms with Gasteiger partial charge in [0.2, 0.25) is 0 Å². The Hall–Kier alpha value is -3.02. The van der Waals surface area contributed by atoms with Gasteiger partial charge in [-0.3, -0.25) is 0 Å². The van der Waals surface area contributed by atoms with Gasteiger partial charge in [-0.25, -0.2) is 14.4 Å². The highest BCUT2D eigenvalue weighted by Crippen LogP contribution is 2.24. The van der Waals surface area contributed by atoms with E-state index in [1.807, 2.05) is 24.3 Å². The smallest absolute Gasteiger partial charge is 0.167 e. The second kappa shape index (κ2) is 5.07. The fourth-order valence-corrected chi connectivity index (χ4v) is 2.44. The van der Waals surface area contributed by atoms with E-state index in [1.165, 1.54) is 12.4 Å². The predicted molar refractivity (Wildman–Crippen MR) is 80.8 cm³/mol. The monoisotopic (exact) mass is 294 g/mol. The van der Waals surface area contributed by atoms with Gasteiger partial charge in [0.15, 0.2) is 5.58 Å². The predicted octanol–water partition coefficient (Wildman–Crippen LogP) is 3.52. The van der Waals surface area contributed by atoms with E-state index in [0.29, 0.717) is 23.3 Å². The van der Waals surface area contributed by atoms with Gasteiger partial charge in [0, 0.05) is 5.39 Å². The first kappa shape index (κ1) is 12.7. The van der Waals surface area contributed by atoms with Crippen molar-refractivity contribution in [1.82, 2.24) is 15.1 Å². The minimum absolute atomic E-state index is 0.356. The molecule has 1 N–H and O–H groups in total. The van der Waals surface area contributed by atoms with Gasteiger partial charge in [-0.2, -0.15) is 0 Å². The quantitative estimate of drug-likeness (QED) is 0.626. The highest BCUT2D eigenvalue weighted by atomic mass is 19.1. The molecule has 2 aromatic carbocycles. The van der Waals surface area contributed by atoms with Crippen molar-refractivity contribution in [2.45, 2.75) is 6.54 Å². The zero-order chi connectivity index (χ0) is 14.9. The van der Waals surface area contributed by atoms with Crippen LogP contribution in [0, 0.1) is 5.82 Å². The number of anilines is 1. The molecule has 0 radical (unpaired) electrons. The van der Waals surface area contributed by atoms with Gasteiger partial charge in [-0.15, -0.1) is 0 Å². The maximum absolute atomic E-state index is 14.0. The summed E-state index contributed by atoms with van der Waals surface area (Å²) in [4.78, 5) is 8.20. The molecule has 6 heteroatoms. The molecule has 0 spiro atoms.